The van der Waals surface area contributed by atoms with Gasteiger partial charge in [0.25, 0.3) is 11.8 Å². The summed E-state index contributed by atoms with van der Waals surface area (Å²) in [5, 5.41) is 14.8. The van der Waals surface area contributed by atoms with Crippen molar-refractivity contribution in [1.29, 1.82) is 0 Å². The second-order valence-corrected chi connectivity index (χ2v) is 5.71. The molecule has 0 radical (unpaired) electrons. The maximum Gasteiger partial charge on any atom is 0.336 e. The molecule has 0 fully saturated rings. The number of rotatable bonds is 5. The van der Waals surface area contributed by atoms with E-state index in [-0.39, 0.29) is 16.7 Å². The van der Waals surface area contributed by atoms with Gasteiger partial charge >= 0.3 is 5.97 Å². The first-order chi connectivity index (χ1) is 13.0. The van der Waals surface area contributed by atoms with Gasteiger partial charge in [0.1, 0.15) is 0 Å². The summed E-state index contributed by atoms with van der Waals surface area (Å²) in [6, 6.07) is 21.5. The number of para-hydroxylation sites is 2. The van der Waals surface area contributed by atoms with Crippen molar-refractivity contribution in [1.82, 2.24) is 0 Å². The number of amides is 2. The fourth-order valence-corrected chi connectivity index (χ4v) is 2.51. The molecule has 0 aliphatic rings. The van der Waals surface area contributed by atoms with Gasteiger partial charge in [-0.1, -0.05) is 36.4 Å². The third-order valence-electron chi connectivity index (χ3n) is 3.82. The fraction of sp³-hybridized carbons (Fsp3) is 0. The standard InChI is InChI=1S/C21H16N2O4/c24-19(22-15-7-3-1-4-8-15)14-11-12-17(18(13-14)21(26)27)20(25)23-16-9-5-2-6-10-16/h1-13H,(H,22,24)(H,23,25)(H,26,27). The van der Waals surface area contributed by atoms with Crippen LogP contribution in [0.4, 0.5) is 11.4 Å². The number of aromatic carboxylic acids is 1. The number of carboxylic acids is 1. The monoisotopic (exact) mass is 360 g/mol. The predicted molar refractivity (Wildman–Crippen MR) is 102 cm³/mol. The van der Waals surface area contributed by atoms with Gasteiger partial charge in [0.05, 0.1) is 11.1 Å². The van der Waals surface area contributed by atoms with Crippen LogP contribution in [-0.2, 0) is 0 Å². The lowest BCUT2D eigenvalue weighted by molar-refractivity contribution is 0.0692. The number of carbonyl (C=O) groups is 3. The van der Waals surface area contributed by atoms with E-state index in [1.807, 2.05) is 6.07 Å². The molecule has 2 amide bonds. The molecule has 0 spiro atoms. The largest absolute Gasteiger partial charge is 0.478 e. The molecule has 134 valence electrons. The summed E-state index contributed by atoms with van der Waals surface area (Å²) in [6.07, 6.45) is 0. The van der Waals surface area contributed by atoms with Crippen LogP contribution >= 0.6 is 0 Å². The van der Waals surface area contributed by atoms with Crippen LogP contribution in [0.1, 0.15) is 31.1 Å². The van der Waals surface area contributed by atoms with Gasteiger partial charge in [-0.15, -0.1) is 0 Å². The van der Waals surface area contributed by atoms with Crippen LogP contribution in [0.3, 0.4) is 0 Å². The highest BCUT2D eigenvalue weighted by atomic mass is 16.4. The molecule has 0 saturated carbocycles. The Morgan fingerprint density at radius 1 is 0.630 bits per heavy atom. The highest BCUT2D eigenvalue weighted by Gasteiger charge is 2.19. The van der Waals surface area contributed by atoms with Crippen molar-refractivity contribution in [2.45, 2.75) is 0 Å². The van der Waals surface area contributed by atoms with E-state index in [1.54, 1.807) is 54.6 Å². The Morgan fingerprint density at radius 2 is 1.15 bits per heavy atom. The minimum absolute atomic E-state index is 0.0254. The van der Waals surface area contributed by atoms with E-state index in [9.17, 15) is 19.5 Å². The first-order valence-electron chi connectivity index (χ1n) is 8.15. The van der Waals surface area contributed by atoms with E-state index in [1.165, 1.54) is 18.2 Å². The van der Waals surface area contributed by atoms with Crippen molar-refractivity contribution in [2.75, 3.05) is 10.6 Å². The summed E-state index contributed by atoms with van der Waals surface area (Å²) in [5.41, 5.74) is 1.01. The quantitative estimate of drug-likeness (QED) is 0.643. The first-order valence-corrected chi connectivity index (χ1v) is 8.15. The molecule has 0 aliphatic carbocycles. The van der Waals surface area contributed by atoms with Crippen molar-refractivity contribution >= 4 is 29.2 Å². The zero-order valence-corrected chi connectivity index (χ0v) is 14.2. The lowest BCUT2D eigenvalue weighted by Gasteiger charge is -2.10. The number of nitrogens with one attached hydrogen (secondary N) is 2. The second-order valence-electron chi connectivity index (χ2n) is 5.71. The summed E-state index contributed by atoms with van der Waals surface area (Å²) < 4.78 is 0. The lowest BCUT2D eigenvalue weighted by atomic mass is 10.0. The molecule has 0 atom stereocenters. The van der Waals surface area contributed by atoms with Crippen LogP contribution < -0.4 is 10.6 Å². The van der Waals surface area contributed by atoms with Crippen molar-refractivity contribution in [2.24, 2.45) is 0 Å². The molecule has 0 saturated heterocycles. The normalized spacial score (nSPS) is 10.1. The Hall–Kier alpha value is -3.93. The molecule has 6 nitrogen and oxygen atoms in total. The molecular formula is C21H16N2O4. The molecule has 0 aromatic heterocycles. The Morgan fingerprint density at radius 3 is 1.67 bits per heavy atom. The molecular weight excluding hydrogens is 344 g/mol. The number of benzene rings is 3. The Labute approximate surface area is 155 Å². The van der Waals surface area contributed by atoms with Gasteiger partial charge < -0.3 is 15.7 Å². The topological polar surface area (TPSA) is 95.5 Å². The van der Waals surface area contributed by atoms with Gasteiger partial charge in [-0.3, -0.25) is 9.59 Å². The van der Waals surface area contributed by atoms with E-state index >= 15 is 0 Å². The van der Waals surface area contributed by atoms with Gasteiger partial charge in [0.15, 0.2) is 0 Å². The van der Waals surface area contributed by atoms with Crippen molar-refractivity contribution in [3.8, 4) is 0 Å². The molecule has 0 bridgehead atoms. The SMILES string of the molecule is O=C(Nc1ccccc1)c1ccc(C(=O)Nc2ccccc2)c(C(=O)O)c1. The van der Waals surface area contributed by atoms with Crippen LogP contribution in [0.25, 0.3) is 0 Å². The Bertz CT molecular complexity index is 986. The average Bonchev–Trinajstić information content (AvgIpc) is 2.69. The minimum Gasteiger partial charge on any atom is -0.478 e. The van der Waals surface area contributed by atoms with E-state index < -0.39 is 17.8 Å². The molecule has 27 heavy (non-hydrogen) atoms. The molecule has 3 rings (SSSR count). The Balaban J connectivity index is 1.85. The highest BCUT2D eigenvalue weighted by molar-refractivity contribution is 6.12. The smallest absolute Gasteiger partial charge is 0.336 e. The van der Waals surface area contributed by atoms with Crippen LogP contribution in [-0.4, -0.2) is 22.9 Å². The zero-order valence-electron chi connectivity index (χ0n) is 14.2. The second kappa shape index (κ2) is 7.97. The van der Waals surface area contributed by atoms with Crippen LogP contribution in [0.2, 0.25) is 0 Å². The summed E-state index contributed by atoms with van der Waals surface area (Å²) in [4.78, 5) is 36.4. The maximum atomic E-state index is 12.4. The van der Waals surface area contributed by atoms with Gasteiger partial charge in [-0.25, -0.2) is 4.79 Å². The van der Waals surface area contributed by atoms with Crippen LogP contribution in [0.5, 0.6) is 0 Å². The molecule has 0 aliphatic heterocycles. The third kappa shape index (κ3) is 4.38. The average molecular weight is 360 g/mol. The molecule has 3 aromatic rings. The number of anilines is 2. The van der Waals surface area contributed by atoms with E-state index in [2.05, 4.69) is 10.6 Å². The van der Waals surface area contributed by atoms with Crippen LogP contribution in [0, 0.1) is 0 Å². The van der Waals surface area contributed by atoms with Crippen molar-refractivity contribution < 1.29 is 19.5 Å². The third-order valence-corrected chi connectivity index (χ3v) is 3.82. The summed E-state index contributed by atoms with van der Waals surface area (Å²) in [7, 11) is 0. The first kappa shape index (κ1) is 17.9. The number of hydrogen-bond donors (Lipinski definition) is 3. The summed E-state index contributed by atoms with van der Waals surface area (Å²) >= 11 is 0. The predicted octanol–water partition coefficient (Wildman–Crippen LogP) is 3.89. The summed E-state index contributed by atoms with van der Waals surface area (Å²) in [6.45, 7) is 0. The van der Waals surface area contributed by atoms with Gasteiger partial charge in [-0.05, 0) is 42.5 Å². The molecule has 6 heteroatoms. The van der Waals surface area contributed by atoms with Crippen molar-refractivity contribution in [3.63, 3.8) is 0 Å². The van der Waals surface area contributed by atoms with Gasteiger partial charge in [0, 0.05) is 16.9 Å². The molecule has 3 aromatic carbocycles. The Kier molecular flexibility index (Phi) is 5.28. The number of hydrogen-bond acceptors (Lipinski definition) is 3. The number of carbonyl (C=O) groups excluding carboxylic acids is 2. The highest BCUT2D eigenvalue weighted by Crippen LogP contribution is 2.17. The van der Waals surface area contributed by atoms with E-state index in [0.29, 0.717) is 11.4 Å². The van der Waals surface area contributed by atoms with Crippen LogP contribution in [0.15, 0.2) is 78.9 Å². The fourth-order valence-electron chi connectivity index (χ4n) is 2.51. The maximum absolute atomic E-state index is 12.4. The van der Waals surface area contributed by atoms with E-state index in [0.717, 1.165) is 0 Å². The lowest BCUT2D eigenvalue weighted by Crippen LogP contribution is -2.18. The minimum atomic E-state index is -1.29. The zero-order chi connectivity index (χ0) is 19.2. The van der Waals surface area contributed by atoms with Gasteiger partial charge in [-0.2, -0.15) is 0 Å². The number of carboxylic acid groups (broad SMARTS) is 1. The molecule has 3 N–H and O–H groups in total. The molecule has 0 unspecified atom stereocenters. The summed E-state index contributed by atoms with van der Waals surface area (Å²) in [5.74, 6) is -2.31. The van der Waals surface area contributed by atoms with E-state index in [4.69, 9.17) is 0 Å². The van der Waals surface area contributed by atoms with Gasteiger partial charge in [0.2, 0.25) is 0 Å². The molecule has 0 heterocycles. The van der Waals surface area contributed by atoms with Crippen molar-refractivity contribution in [3.05, 3.63) is 95.6 Å².